The number of ether oxygens (including phenoxy) is 2. The maximum atomic E-state index is 9.20. The highest BCUT2D eigenvalue weighted by atomic mass is 16.5. The summed E-state index contributed by atoms with van der Waals surface area (Å²) in [6.45, 7) is 5.00. The number of nitrogens with zero attached hydrogens (tertiary/aromatic N) is 2. The lowest BCUT2D eigenvalue weighted by atomic mass is 9.97. The zero-order valence-corrected chi connectivity index (χ0v) is 16.3. The third-order valence-electron chi connectivity index (χ3n) is 5.22. The maximum absolute atomic E-state index is 9.20. The van der Waals surface area contributed by atoms with E-state index in [9.17, 15) is 5.11 Å². The van der Waals surface area contributed by atoms with Crippen molar-refractivity contribution in [3.05, 3.63) is 52.5 Å². The van der Waals surface area contributed by atoms with Crippen molar-refractivity contribution >= 4 is 5.82 Å². The van der Waals surface area contributed by atoms with Crippen LogP contribution in [0.4, 0.5) is 5.82 Å². The molecule has 0 aliphatic carbocycles. The smallest absolute Gasteiger partial charge is 0.123 e. The Hall–Kier alpha value is -2.06. The SMILES string of the molecule is Cc1ccc(C2CCOC2)c(CO)n1.Nc1ccc(C2CCOC2)c(CO)n1. The van der Waals surface area contributed by atoms with Gasteiger partial charge in [0.1, 0.15) is 5.82 Å². The van der Waals surface area contributed by atoms with E-state index in [0.717, 1.165) is 61.8 Å². The Morgan fingerprint density at radius 3 is 1.93 bits per heavy atom. The van der Waals surface area contributed by atoms with Crippen molar-refractivity contribution < 1.29 is 19.7 Å². The minimum absolute atomic E-state index is 0.0213. The van der Waals surface area contributed by atoms with Gasteiger partial charge in [-0.25, -0.2) is 4.98 Å². The van der Waals surface area contributed by atoms with Gasteiger partial charge < -0.3 is 25.4 Å². The number of hydrogen-bond donors (Lipinski definition) is 3. The Balaban J connectivity index is 0.000000161. The third kappa shape index (κ3) is 5.05. The van der Waals surface area contributed by atoms with Gasteiger partial charge >= 0.3 is 0 Å². The van der Waals surface area contributed by atoms with Crippen molar-refractivity contribution in [1.29, 1.82) is 0 Å². The van der Waals surface area contributed by atoms with E-state index < -0.39 is 0 Å². The second-order valence-corrected chi connectivity index (χ2v) is 7.20. The lowest BCUT2D eigenvalue weighted by Crippen LogP contribution is -2.06. The van der Waals surface area contributed by atoms with Gasteiger partial charge in [-0.2, -0.15) is 0 Å². The minimum Gasteiger partial charge on any atom is -0.390 e. The molecule has 152 valence electrons. The molecule has 28 heavy (non-hydrogen) atoms. The number of aromatic nitrogens is 2. The van der Waals surface area contributed by atoms with Crippen LogP contribution in [0.2, 0.25) is 0 Å². The van der Waals surface area contributed by atoms with Gasteiger partial charge in [0, 0.05) is 30.7 Å². The van der Waals surface area contributed by atoms with Gasteiger partial charge in [0.2, 0.25) is 0 Å². The molecule has 2 saturated heterocycles. The molecule has 0 bridgehead atoms. The summed E-state index contributed by atoms with van der Waals surface area (Å²) >= 11 is 0. The Morgan fingerprint density at radius 1 is 0.893 bits per heavy atom. The molecule has 2 unspecified atom stereocenters. The average Bonchev–Trinajstić information content (AvgIpc) is 3.42. The standard InChI is InChI=1S/C11H15NO2.C10H14N2O2/c1-8-2-3-10(11(6-13)12-8)9-4-5-14-7-9;11-10-2-1-8(9(5-13)12-10)7-3-4-14-6-7/h2-3,9,13H,4-7H2,1H3;1-2,7,13H,3-6H2,(H2,11,12). The molecule has 7 nitrogen and oxygen atoms in total. The van der Waals surface area contributed by atoms with E-state index in [1.165, 1.54) is 0 Å². The summed E-state index contributed by atoms with van der Waals surface area (Å²) in [4.78, 5) is 8.44. The molecule has 2 aliphatic heterocycles. The summed E-state index contributed by atoms with van der Waals surface area (Å²) in [7, 11) is 0. The molecule has 2 aromatic rings. The van der Waals surface area contributed by atoms with Crippen molar-refractivity contribution in [3.8, 4) is 0 Å². The molecule has 0 saturated carbocycles. The van der Waals surface area contributed by atoms with E-state index in [1.807, 2.05) is 19.1 Å². The molecule has 2 atom stereocenters. The zero-order valence-electron chi connectivity index (χ0n) is 16.3. The van der Waals surface area contributed by atoms with Gasteiger partial charge in [0.05, 0.1) is 37.8 Å². The maximum Gasteiger partial charge on any atom is 0.123 e. The number of aliphatic hydroxyl groups excluding tert-OH is 2. The normalized spacial score (nSPS) is 21.4. The molecule has 0 aromatic carbocycles. The predicted octanol–water partition coefficient (Wildman–Crippen LogP) is 2.05. The highest BCUT2D eigenvalue weighted by Crippen LogP contribution is 2.28. The molecule has 4 rings (SSSR count). The molecule has 4 N–H and O–H groups in total. The zero-order chi connectivity index (χ0) is 19.9. The lowest BCUT2D eigenvalue weighted by Gasteiger charge is -2.12. The van der Waals surface area contributed by atoms with Crippen LogP contribution in [0.25, 0.3) is 0 Å². The molecule has 0 spiro atoms. The van der Waals surface area contributed by atoms with Crippen LogP contribution in [0.5, 0.6) is 0 Å². The second-order valence-electron chi connectivity index (χ2n) is 7.20. The number of nitrogens with two attached hydrogens (primary N) is 1. The van der Waals surface area contributed by atoms with E-state index in [1.54, 1.807) is 6.07 Å². The highest BCUT2D eigenvalue weighted by Gasteiger charge is 2.21. The summed E-state index contributed by atoms with van der Waals surface area (Å²) in [6.07, 6.45) is 2.04. The van der Waals surface area contributed by atoms with Crippen LogP contribution in [0.1, 0.15) is 52.9 Å². The average molecular weight is 387 g/mol. The predicted molar refractivity (Wildman–Crippen MR) is 106 cm³/mol. The first kappa shape index (κ1) is 20.7. The number of pyridine rings is 2. The summed E-state index contributed by atoms with van der Waals surface area (Å²) in [5.41, 5.74) is 10.2. The summed E-state index contributed by atoms with van der Waals surface area (Å²) < 4.78 is 10.6. The number of aliphatic hydroxyl groups is 2. The molecule has 2 aliphatic rings. The monoisotopic (exact) mass is 387 g/mol. The highest BCUT2D eigenvalue weighted by molar-refractivity contribution is 5.36. The van der Waals surface area contributed by atoms with Gasteiger partial charge in [0.25, 0.3) is 0 Å². The van der Waals surface area contributed by atoms with Crippen LogP contribution in [0, 0.1) is 6.92 Å². The first-order chi connectivity index (χ1) is 13.6. The van der Waals surface area contributed by atoms with E-state index in [-0.39, 0.29) is 13.2 Å². The number of rotatable bonds is 4. The third-order valence-corrected chi connectivity index (χ3v) is 5.22. The summed E-state index contributed by atoms with van der Waals surface area (Å²) in [6, 6.07) is 7.76. The molecule has 0 radical (unpaired) electrons. The quantitative estimate of drug-likeness (QED) is 0.736. The van der Waals surface area contributed by atoms with Crippen LogP contribution >= 0.6 is 0 Å². The van der Waals surface area contributed by atoms with Crippen LogP contribution in [-0.2, 0) is 22.7 Å². The first-order valence-corrected chi connectivity index (χ1v) is 9.71. The van der Waals surface area contributed by atoms with Crippen LogP contribution in [0.15, 0.2) is 24.3 Å². The first-order valence-electron chi connectivity index (χ1n) is 9.71. The van der Waals surface area contributed by atoms with Crippen LogP contribution in [-0.4, -0.2) is 46.6 Å². The molecule has 2 fully saturated rings. The van der Waals surface area contributed by atoms with E-state index in [0.29, 0.717) is 23.3 Å². The van der Waals surface area contributed by atoms with Crippen LogP contribution < -0.4 is 5.73 Å². The van der Waals surface area contributed by atoms with Gasteiger partial charge in [0.15, 0.2) is 0 Å². The fraction of sp³-hybridized carbons (Fsp3) is 0.524. The van der Waals surface area contributed by atoms with Crippen molar-refractivity contribution in [2.75, 3.05) is 32.2 Å². The Morgan fingerprint density at radius 2 is 1.43 bits per heavy atom. The number of aryl methyl sites for hydroxylation is 1. The number of nitrogen functional groups attached to an aromatic ring is 1. The van der Waals surface area contributed by atoms with Gasteiger partial charge in [-0.05, 0) is 43.0 Å². The Bertz CT molecular complexity index is 707. The fourth-order valence-corrected chi connectivity index (χ4v) is 3.71. The van der Waals surface area contributed by atoms with E-state index in [2.05, 4.69) is 16.0 Å². The molecular formula is C21H29N3O4. The second kappa shape index (κ2) is 9.93. The Kier molecular flexibility index (Phi) is 7.33. The van der Waals surface area contributed by atoms with E-state index in [4.69, 9.17) is 20.3 Å². The number of anilines is 1. The van der Waals surface area contributed by atoms with Crippen molar-refractivity contribution in [2.24, 2.45) is 0 Å². The van der Waals surface area contributed by atoms with Gasteiger partial charge in [-0.1, -0.05) is 12.1 Å². The lowest BCUT2D eigenvalue weighted by molar-refractivity contribution is 0.193. The number of hydrogen-bond acceptors (Lipinski definition) is 7. The topological polar surface area (TPSA) is 111 Å². The molecule has 7 heteroatoms. The fourth-order valence-electron chi connectivity index (χ4n) is 3.71. The Labute approximate surface area is 165 Å². The van der Waals surface area contributed by atoms with Gasteiger partial charge in [-0.15, -0.1) is 0 Å². The van der Waals surface area contributed by atoms with Crippen molar-refractivity contribution in [1.82, 2.24) is 9.97 Å². The van der Waals surface area contributed by atoms with Crippen molar-refractivity contribution in [3.63, 3.8) is 0 Å². The van der Waals surface area contributed by atoms with Gasteiger partial charge in [-0.3, -0.25) is 4.98 Å². The summed E-state index contributed by atoms with van der Waals surface area (Å²) in [5, 5.41) is 18.3. The van der Waals surface area contributed by atoms with Crippen LogP contribution in [0.3, 0.4) is 0 Å². The summed E-state index contributed by atoms with van der Waals surface area (Å²) in [5.74, 6) is 1.24. The molecule has 4 heterocycles. The molecule has 0 amide bonds. The minimum atomic E-state index is -0.0587. The van der Waals surface area contributed by atoms with Crippen molar-refractivity contribution in [2.45, 2.75) is 44.8 Å². The largest absolute Gasteiger partial charge is 0.390 e. The van der Waals surface area contributed by atoms with E-state index >= 15 is 0 Å². The molecular weight excluding hydrogens is 358 g/mol. The molecule has 2 aromatic heterocycles.